The normalized spacial score (nSPS) is 14.3. The monoisotopic (exact) mass is 521 g/mol. The second kappa shape index (κ2) is 11.5. The third-order valence-corrected chi connectivity index (χ3v) is 7.17. The number of hydrogen-bond donors (Lipinski definition) is 1. The lowest BCUT2D eigenvalue weighted by Gasteiger charge is -2.36. The number of ether oxygens (including phenoxy) is 1. The molecule has 0 spiro atoms. The minimum Gasteiger partial charge on any atom is -0.488 e. The van der Waals surface area contributed by atoms with Crippen LogP contribution in [-0.2, 0) is 11.4 Å². The number of amides is 1. The van der Waals surface area contributed by atoms with E-state index in [1.54, 1.807) is 0 Å². The van der Waals surface area contributed by atoms with Crippen LogP contribution in [0.5, 0.6) is 5.75 Å². The number of nitrogens with zero attached hydrogens (tertiary/aromatic N) is 4. The van der Waals surface area contributed by atoms with Crippen LogP contribution >= 0.6 is 11.6 Å². The van der Waals surface area contributed by atoms with Gasteiger partial charge >= 0.3 is 0 Å². The maximum atomic E-state index is 11.4. The van der Waals surface area contributed by atoms with Crippen LogP contribution in [0, 0.1) is 20.8 Å². The quantitative estimate of drug-likeness (QED) is 0.447. The minimum atomic E-state index is -0.307. The standard InChI is InChI=1S/C29H36ClN5O2/c1-18(2)22-8-6-20(4)26(14-22)37-17-25-21(5)32-28(24-15-23(30)9-7-19(24)3)33-29(25)35-12-10-34(11-13-35)16-27(31)36/h6-9,14-15,18H,10-13,16-17H2,1-5H3,(H2,31,36). The second-order valence-corrected chi connectivity index (χ2v) is 10.5. The lowest BCUT2D eigenvalue weighted by molar-refractivity contribution is -0.119. The summed E-state index contributed by atoms with van der Waals surface area (Å²) < 4.78 is 6.39. The van der Waals surface area contributed by atoms with E-state index in [2.05, 4.69) is 48.8 Å². The van der Waals surface area contributed by atoms with E-state index in [1.165, 1.54) is 5.56 Å². The summed E-state index contributed by atoms with van der Waals surface area (Å²) in [6, 6.07) is 12.2. The van der Waals surface area contributed by atoms with Crippen molar-refractivity contribution in [2.24, 2.45) is 5.73 Å². The molecular formula is C29H36ClN5O2. The summed E-state index contributed by atoms with van der Waals surface area (Å²) in [7, 11) is 0. The van der Waals surface area contributed by atoms with Crippen molar-refractivity contribution in [1.82, 2.24) is 14.9 Å². The summed E-state index contributed by atoms with van der Waals surface area (Å²) in [5.74, 6) is 2.49. The van der Waals surface area contributed by atoms with Crippen molar-refractivity contribution in [3.05, 3.63) is 69.4 Å². The molecule has 0 atom stereocenters. The van der Waals surface area contributed by atoms with Crippen LogP contribution in [0.3, 0.4) is 0 Å². The van der Waals surface area contributed by atoms with Crippen LogP contribution in [0.4, 0.5) is 5.82 Å². The molecule has 37 heavy (non-hydrogen) atoms. The first kappa shape index (κ1) is 26.9. The molecule has 0 radical (unpaired) electrons. The summed E-state index contributed by atoms with van der Waals surface area (Å²) in [5, 5.41) is 0.649. The molecular weight excluding hydrogens is 486 g/mol. The highest BCUT2D eigenvalue weighted by Gasteiger charge is 2.24. The van der Waals surface area contributed by atoms with Gasteiger partial charge in [-0.2, -0.15) is 0 Å². The van der Waals surface area contributed by atoms with Crippen LogP contribution in [-0.4, -0.2) is 53.5 Å². The van der Waals surface area contributed by atoms with E-state index < -0.39 is 0 Å². The molecule has 0 saturated carbocycles. The zero-order valence-electron chi connectivity index (χ0n) is 22.3. The van der Waals surface area contributed by atoms with Gasteiger partial charge in [0, 0.05) is 36.8 Å². The number of piperazine rings is 1. The fourth-order valence-electron chi connectivity index (χ4n) is 4.59. The Labute approximate surface area is 224 Å². The fourth-order valence-corrected chi connectivity index (χ4v) is 4.76. The largest absolute Gasteiger partial charge is 0.488 e. The van der Waals surface area contributed by atoms with Crippen molar-refractivity contribution in [3.63, 3.8) is 0 Å². The molecule has 2 aromatic carbocycles. The van der Waals surface area contributed by atoms with Gasteiger partial charge in [-0.3, -0.25) is 9.69 Å². The van der Waals surface area contributed by atoms with E-state index in [-0.39, 0.29) is 12.5 Å². The zero-order valence-corrected chi connectivity index (χ0v) is 23.1. The highest BCUT2D eigenvalue weighted by Crippen LogP contribution is 2.31. The number of hydrogen-bond acceptors (Lipinski definition) is 6. The third kappa shape index (κ3) is 6.40. The van der Waals surface area contributed by atoms with Gasteiger partial charge in [0.2, 0.25) is 5.91 Å². The molecule has 7 nitrogen and oxygen atoms in total. The minimum absolute atomic E-state index is 0.269. The van der Waals surface area contributed by atoms with Crippen molar-refractivity contribution in [2.75, 3.05) is 37.6 Å². The molecule has 1 aliphatic rings. The first-order valence-corrected chi connectivity index (χ1v) is 13.1. The van der Waals surface area contributed by atoms with Gasteiger partial charge < -0.3 is 15.4 Å². The molecule has 0 aliphatic carbocycles. The molecule has 4 rings (SSSR count). The number of nitrogens with two attached hydrogens (primary N) is 1. The van der Waals surface area contributed by atoms with Gasteiger partial charge in [0.25, 0.3) is 0 Å². The molecule has 3 aromatic rings. The Kier molecular flexibility index (Phi) is 8.35. The van der Waals surface area contributed by atoms with E-state index >= 15 is 0 Å². The lowest BCUT2D eigenvalue weighted by Crippen LogP contribution is -2.49. The first-order valence-electron chi connectivity index (χ1n) is 12.8. The third-order valence-electron chi connectivity index (χ3n) is 6.93. The molecule has 1 aliphatic heterocycles. The summed E-state index contributed by atoms with van der Waals surface area (Å²) in [6.45, 7) is 14.0. The molecule has 1 saturated heterocycles. The molecule has 1 fully saturated rings. The van der Waals surface area contributed by atoms with Crippen molar-refractivity contribution in [3.8, 4) is 17.1 Å². The first-order chi connectivity index (χ1) is 17.6. The Bertz CT molecular complexity index is 1290. The Morgan fingerprint density at radius 2 is 1.73 bits per heavy atom. The molecule has 196 valence electrons. The van der Waals surface area contributed by atoms with Gasteiger partial charge in [-0.25, -0.2) is 9.97 Å². The van der Waals surface area contributed by atoms with E-state index in [1.807, 2.05) is 32.0 Å². The molecule has 1 aromatic heterocycles. The summed E-state index contributed by atoms with van der Waals surface area (Å²) >= 11 is 6.32. The van der Waals surface area contributed by atoms with Crippen LogP contribution in [0.1, 0.15) is 47.7 Å². The highest BCUT2D eigenvalue weighted by molar-refractivity contribution is 6.30. The van der Waals surface area contributed by atoms with Gasteiger partial charge in [-0.15, -0.1) is 0 Å². The second-order valence-electron chi connectivity index (χ2n) is 10.1. The van der Waals surface area contributed by atoms with Crippen molar-refractivity contribution in [2.45, 2.75) is 47.1 Å². The van der Waals surface area contributed by atoms with Crippen LogP contribution in [0.2, 0.25) is 5.02 Å². The number of halogens is 1. The molecule has 0 bridgehead atoms. The predicted molar refractivity (Wildman–Crippen MR) is 149 cm³/mol. The number of anilines is 1. The number of carbonyl (C=O) groups excluding carboxylic acids is 1. The predicted octanol–water partition coefficient (Wildman–Crippen LogP) is 5.03. The number of carbonyl (C=O) groups is 1. The SMILES string of the molecule is Cc1ccc(C(C)C)cc1OCc1c(C)nc(-c2cc(Cl)ccc2C)nc1N1CCN(CC(N)=O)CC1. The van der Waals surface area contributed by atoms with Crippen molar-refractivity contribution < 1.29 is 9.53 Å². The number of aryl methyl sites for hydroxylation is 3. The van der Waals surface area contributed by atoms with Crippen LogP contribution in [0.25, 0.3) is 11.4 Å². The Morgan fingerprint density at radius 3 is 2.41 bits per heavy atom. The number of benzene rings is 2. The van der Waals surface area contributed by atoms with Crippen LogP contribution < -0.4 is 15.4 Å². The van der Waals surface area contributed by atoms with E-state index in [0.717, 1.165) is 65.7 Å². The van der Waals surface area contributed by atoms with Gasteiger partial charge in [0.1, 0.15) is 18.2 Å². The maximum Gasteiger partial charge on any atom is 0.231 e. The average Bonchev–Trinajstić information content (AvgIpc) is 2.85. The van der Waals surface area contributed by atoms with Crippen molar-refractivity contribution >= 4 is 23.3 Å². The van der Waals surface area contributed by atoms with Gasteiger partial charge in [-0.1, -0.05) is 43.6 Å². The number of rotatable bonds is 8. The number of aromatic nitrogens is 2. The lowest BCUT2D eigenvalue weighted by atomic mass is 10.0. The van der Waals surface area contributed by atoms with Gasteiger partial charge in [-0.05, 0) is 61.6 Å². The number of primary amides is 1. The Morgan fingerprint density at radius 1 is 1.03 bits per heavy atom. The van der Waals surface area contributed by atoms with Gasteiger partial charge in [0.05, 0.1) is 17.8 Å². The van der Waals surface area contributed by atoms with E-state index in [4.69, 9.17) is 32.0 Å². The summed E-state index contributed by atoms with van der Waals surface area (Å²) in [5.41, 5.74) is 11.6. The van der Waals surface area contributed by atoms with E-state index in [0.29, 0.717) is 23.4 Å². The fraction of sp³-hybridized carbons (Fsp3) is 0.414. The van der Waals surface area contributed by atoms with Gasteiger partial charge in [0.15, 0.2) is 5.82 Å². The average molecular weight is 522 g/mol. The molecule has 0 unspecified atom stereocenters. The zero-order chi connectivity index (χ0) is 26.7. The Balaban J connectivity index is 1.69. The summed E-state index contributed by atoms with van der Waals surface area (Å²) in [6.07, 6.45) is 0. The van der Waals surface area contributed by atoms with Crippen LogP contribution in [0.15, 0.2) is 36.4 Å². The smallest absolute Gasteiger partial charge is 0.231 e. The molecule has 2 heterocycles. The highest BCUT2D eigenvalue weighted by atomic mass is 35.5. The maximum absolute atomic E-state index is 11.4. The molecule has 8 heteroatoms. The topological polar surface area (TPSA) is 84.6 Å². The molecule has 2 N–H and O–H groups in total. The molecule has 1 amide bonds. The Hall–Kier alpha value is -3.16. The van der Waals surface area contributed by atoms with E-state index in [9.17, 15) is 4.79 Å². The van der Waals surface area contributed by atoms with Crippen molar-refractivity contribution in [1.29, 1.82) is 0 Å². The summed E-state index contributed by atoms with van der Waals surface area (Å²) in [4.78, 5) is 25.7.